The summed E-state index contributed by atoms with van der Waals surface area (Å²) < 4.78 is 10.5. The summed E-state index contributed by atoms with van der Waals surface area (Å²) in [5.41, 5.74) is 0. The Morgan fingerprint density at radius 3 is 2.83 bits per heavy atom. The van der Waals surface area contributed by atoms with Crippen molar-refractivity contribution in [3.8, 4) is 11.6 Å². The molecule has 3 rings (SSSR count). The van der Waals surface area contributed by atoms with Gasteiger partial charge in [0.15, 0.2) is 11.7 Å². The summed E-state index contributed by atoms with van der Waals surface area (Å²) in [5, 5.41) is 13.4. The zero-order valence-corrected chi connectivity index (χ0v) is 12.7. The number of furan rings is 2. The number of aromatic nitrogens is 3. The summed E-state index contributed by atoms with van der Waals surface area (Å²) in [6.07, 6.45) is 4.05. The number of nitrogens with zero attached hydrogens (tertiary/aromatic N) is 3. The second kappa shape index (κ2) is 7.30. The molecule has 3 aromatic heterocycles. The van der Waals surface area contributed by atoms with Gasteiger partial charge in [0.2, 0.25) is 5.82 Å². The van der Waals surface area contributed by atoms with Gasteiger partial charge in [-0.1, -0.05) is 0 Å². The molecule has 0 aliphatic rings. The molecule has 0 aliphatic carbocycles. The van der Waals surface area contributed by atoms with E-state index in [4.69, 9.17) is 8.83 Å². The van der Waals surface area contributed by atoms with Crippen LogP contribution in [0.1, 0.15) is 11.6 Å². The second-order valence-corrected chi connectivity index (χ2v) is 4.76. The van der Waals surface area contributed by atoms with E-state index in [0.29, 0.717) is 29.9 Å². The third kappa shape index (κ3) is 4.00. The van der Waals surface area contributed by atoms with E-state index in [1.807, 2.05) is 18.2 Å². The molecule has 8 heteroatoms. The van der Waals surface area contributed by atoms with Crippen LogP contribution in [0.4, 0.5) is 0 Å². The lowest BCUT2D eigenvalue weighted by Gasteiger charge is -2.09. The standard InChI is InChI=1S/C15H18N6O2/c1-16-15(17-7-6-11-4-2-8-22-11)18-10-13-19-14(21-20-13)12-5-3-9-23-12/h2-5,8-9H,6-7,10H2,1H3,(H2,16,17,18)(H,19,20,21). The van der Waals surface area contributed by atoms with Crippen LogP contribution in [0.3, 0.4) is 0 Å². The predicted octanol–water partition coefficient (Wildman–Crippen LogP) is 1.57. The van der Waals surface area contributed by atoms with Gasteiger partial charge in [-0.2, -0.15) is 0 Å². The van der Waals surface area contributed by atoms with Crippen LogP contribution in [0.15, 0.2) is 50.6 Å². The zero-order valence-electron chi connectivity index (χ0n) is 12.7. The smallest absolute Gasteiger partial charge is 0.216 e. The van der Waals surface area contributed by atoms with Crippen LogP contribution in [-0.2, 0) is 13.0 Å². The summed E-state index contributed by atoms with van der Waals surface area (Å²) in [4.78, 5) is 8.52. The molecule has 0 bridgehead atoms. The summed E-state index contributed by atoms with van der Waals surface area (Å²) in [6, 6.07) is 7.44. The molecule has 0 aliphatic heterocycles. The number of H-pyrrole nitrogens is 1. The van der Waals surface area contributed by atoms with E-state index in [-0.39, 0.29) is 0 Å². The van der Waals surface area contributed by atoms with Crippen molar-refractivity contribution in [3.05, 3.63) is 48.4 Å². The van der Waals surface area contributed by atoms with E-state index in [9.17, 15) is 0 Å². The average molecular weight is 314 g/mol. The normalized spacial score (nSPS) is 11.6. The Morgan fingerprint density at radius 1 is 1.22 bits per heavy atom. The quantitative estimate of drug-likeness (QED) is 0.471. The van der Waals surface area contributed by atoms with Gasteiger partial charge in [0.05, 0.1) is 19.1 Å². The van der Waals surface area contributed by atoms with Gasteiger partial charge >= 0.3 is 0 Å². The van der Waals surface area contributed by atoms with E-state index in [1.165, 1.54) is 0 Å². The number of nitrogens with one attached hydrogen (secondary N) is 3. The topological polar surface area (TPSA) is 104 Å². The molecule has 0 radical (unpaired) electrons. The lowest BCUT2D eigenvalue weighted by atomic mass is 10.3. The SMILES string of the molecule is CN=C(NCCc1ccco1)NCc1nc(-c2ccco2)n[nH]1. The van der Waals surface area contributed by atoms with Gasteiger partial charge in [-0.3, -0.25) is 10.1 Å². The molecule has 8 nitrogen and oxygen atoms in total. The maximum absolute atomic E-state index is 5.28. The van der Waals surface area contributed by atoms with E-state index in [2.05, 4.69) is 30.8 Å². The first-order valence-corrected chi connectivity index (χ1v) is 7.27. The minimum absolute atomic E-state index is 0.480. The number of hydrogen-bond acceptors (Lipinski definition) is 5. The molecule has 0 saturated carbocycles. The fourth-order valence-corrected chi connectivity index (χ4v) is 2.04. The van der Waals surface area contributed by atoms with Gasteiger partial charge in [-0.25, -0.2) is 4.98 Å². The molecule has 0 atom stereocenters. The van der Waals surface area contributed by atoms with Gasteiger partial charge in [-0.15, -0.1) is 5.10 Å². The van der Waals surface area contributed by atoms with Crippen molar-refractivity contribution in [2.75, 3.05) is 13.6 Å². The lowest BCUT2D eigenvalue weighted by Crippen LogP contribution is -2.38. The van der Waals surface area contributed by atoms with Crippen molar-refractivity contribution in [2.24, 2.45) is 4.99 Å². The van der Waals surface area contributed by atoms with Crippen LogP contribution >= 0.6 is 0 Å². The first-order valence-electron chi connectivity index (χ1n) is 7.27. The highest BCUT2D eigenvalue weighted by atomic mass is 16.3. The Morgan fingerprint density at radius 2 is 2.09 bits per heavy atom. The molecular weight excluding hydrogens is 296 g/mol. The minimum Gasteiger partial charge on any atom is -0.469 e. The average Bonchev–Trinajstić information content (AvgIpc) is 3.32. The Balaban J connectivity index is 1.46. The molecule has 0 amide bonds. The third-order valence-electron chi connectivity index (χ3n) is 3.16. The first kappa shape index (κ1) is 14.9. The molecule has 0 saturated heterocycles. The highest BCUT2D eigenvalue weighted by Crippen LogP contribution is 2.14. The monoisotopic (exact) mass is 314 g/mol. The van der Waals surface area contributed by atoms with Gasteiger partial charge in [0.25, 0.3) is 0 Å². The fraction of sp³-hybridized carbons (Fsp3) is 0.267. The maximum Gasteiger partial charge on any atom is 0.216 e. The maximum atomic E-state index is 5.28. The van der Waals surface area contributed by atoms with E-state index in [0.717, 1.165) is 18.7 Å². The summed E-state index contributed by atoms with van der Waals surface area (Å²) in [6.45, 7) is 1.20. The Bertz CT molecular complexity index is 730. The largest absolute Gasteiger partial charge is 0.469 e. The van der Waals surface area contributed by atoms with Crippen molar-refractivity contribution < 1.29 is 8.83 Å². The van der Waals surface area contributed by atoms with Crippen LogP contribution < -0.4 is 10.6 Å². The summed E-state index contributed by atoms with van der Waals surface area (Å²) >= 11 is 0. The van der Waals surface area contributed by atoms with E-state index in [1.54, 1.807) is 25.6 Å². The highest BCUT2D eigenvalue weighted by molar-refractivity contribution is 5.79. The van der Waals surface area contributed by atoms with Crippen LogP contribution in [-0.4, -0.2) is 34.7 Å². The number of aromatic amines is 1. The fourth-order valence-electron chi connectivity index (χ4n) is 2.04. The Labute approximate surface area is 133 Å². The third-order valence-corrected chi connectivity index (χ3v) is 3.16. The molecule has 0 aromatic carbocycles. The van der Waals surface area contributed by atoms with Gasteiger partial charge in [-0.05, 0) is 24.3 Å². The van der Waals surface area contributed by atoms with Gasteiger partial charge in [0, 0.05) is 20.0 Å². The van der Waals surface area contributed by atoms with Crippen LogP contribution in [0.2, 0.25) is 0 Å². The molecule has 3 heterocycles. The van der Waals surface area contributed by atoms with Crippen molar-refractivity contribution in [2.45, 2.75) is 13.0 Å². The summed E-state index contributed by atoms with van der Waals surface area (Å²) in [5.74, 6) is 3.49. The molecule has 23 heavy (non-hydrogen) atoms. The number of aliphatic imine (C=N–C) groups is 1. The van der Waals surface area contributed by atoms with Crippen molar-refractivity contribution >= 4 is 5.96 Å². The van der Waals surface area contributed by atoms with Crippen LogP contribution in [0.25, 0.3) is 11.6 Å². The molecule has 0 spiro atoms. The molecular formula is C15H18N6O2. The van der Waals surface area contributed by atoms with Crippen LogP contribution in [0, 0.1) is 0 Å². The molecule has 0 unspecified atom stereocenters. The molecule has 3 N–H and O–H groups in total. The van der Waals surface area contributed by atoms with Crippen molar-refractivity contribution in [3.63, 3.8) is 0 Å². The van der Waals surface area contributed by atoms with Crippen LogP contribution in [0.5, 0.6) is 0 Å². The Hall–Kier alpha value is -3.03. The molecule has 0 fully saturated rings. The Kier molecular flexibility index (Phi) is 4.72. The predicted molar refractivity (Wildman–Crippen MR) is 84.7 cm³/mol. The second-order valence-electron chi connectivity index (χ2n) is 4.76. The van der Waals surface area contributed by atoms with Crippen molar-refractivity contribution in [1.82, 2.24) is 25.8 Å². The lowest BCUT2D eigenvalue weighted by molar-refractivity contribution is 0.506. The zero-order chi connectivity index (χ0) is 15.9. The number of guanidine groups is 1. The van der Waals surface area contributed by atoms with Gasteiger partial charge in [0.1, 0.15) is 11.6 Å². The van der Waals surface area contributed by atoms with E-state index < -0.39 is 0 Å². The number of hydrogen-bond donors (Lipinski definition) is 3. The highest BCUT2D eigenvalue weighted by Gasteiger charge is 2.08. The molecule has 120 valence electrons. The number of rotatable bonds is 6. The minimum atomic E-state index is 0.480. The first-order chi connectivity index (χ1) is 11.3. The van der Waals surface area contributed by atoms with Crippen molar-refractivity contribution in [1.29, 1.82) is 0 Å². The molecule has 3 aromatic rings. The summed E-state index contributed by atoms with van der Waals surface area (Å²) in [7, 11) is 1.72. The van der Waals surface area contributed by atoms with Gasteiger partial charge < -0.3 is 19.5 Å². The van der Waals surface area contributed by atoms with E-state index >= 15 is 0 Å².